The van der Waals surface area contributed by atoms with Crippen LogP contribution < -0.4 is 4.90 Å². The van der Waals surface area contributed by atoms with Gasteiger partial charge in [-0.05, 0) is 75.0 Å². The lowest BCUT2D eigenvalue weighted by Gasteiger charge is -2.34. The zero-order valence-electron chi connectivity index (χ0n) is 23.5. The fourth-order valence-corrected chi connectivity index (χ4v) is 8.28. The number of benzene rings is 2. The number of imide groups is 1. The van der Waals surface area contributed by atoms with E-state index in [1.165, 1.54) is 4.90 Å². The SMILES string of the molecule is CC1=C(CCCCCCN2CCN(S(=O)(=O)c3cccc4nsnc34)CC2)C(=O)N(c2ccc3c(c2)CCC3=O)C1=O. The van der Waals surface area contributed by atoms with Gasteiger partial charge in [-0.25, -0.2) is 13.3 Å². The first-order valence-corrected chi connectivity index (χ1v) is 16.6. The molecular weight excluding hydrogens is 574 g/mol. The van der Waals surface area contributed by atoms with Crippen LogP contribution in [0.1, 0.15) is 61.4 Å². The highest BCUT2D eigenvalue weighted by molar-refractivity contribution is 7.89. The van der Waals surface area contributed by atoms with Crippen LogP contribution in [0.15, 0.2) is 52.4 Å². The number of carbonyl (C=O) groups is 3. The number of fused-ring (bicyclic) bond motifs is 2. The summed E-state index contributed by atoms with van der Waals surface area (Å²) in [6.07, 6.45) is 5.43. The van der Waals surface area contributed by atoms with Crippen LogP contribution in [0, 0.1) is 0 Å². The Morgan fingerprint density at radius 3 is 2.48 bits per heavy atom. The van der Waals surface area contributed by atoms with Gasteiger partial charge in [-0.3, -0.25) is 14.4 Å². The number of aromatic nitrogens is 2. The number of hydrogen-bond donors (Lipinski definition) is 0. The molecule has 1 fully saturated rings. The Morgan fingerprint density at radius 1 is 0.881 bits per heavy atom. The lowest BCUT2D eigenvalue weighted by Crippen LogP contribution is -2.48. The molecule has 0 N–H and O–H groups in total. The molecule has 3 aliphatic rings. The van der Waals surface area contributed by atoms with Gasteiger partial charge in [0.05, 0.1) is 17.4 Å². The van der Waals surface area contributed by atoms with Crippen molar-refractivity contribution in [2.24, 2.45) is 0 Å². The zero-order chi connectivity index (χ0) is 29.4. The average molecular weight is 608 g/mol. The predicted molar refractivity (Wildman–Crippen MR) is 160 cm³/mol. The average Bonchev–Trinajstić information content (AvgIpc) is 3.67. The second kappa shape index (κ2) is 11.8. The number of aryl methyl sites for hydroxylation is 1. The molecule has 0 bridgehead atoms. The number of hydrogen-bond acceptors (Lipinski definition) is 9. The van der Waals surface area contributed by atoms with Crippen molar-refractivity contribution >= 4 is 56.1 Å². The van der Waals surface area contributed by atoms with Crippen LogP contribution in [-0.2, 0) is 26.0 Å². The predicted octanol–water partition coefficient (Wildman–Crippen LogP) is 3.97. The van der Waals surface area contributed by atoms with Crippen LogP contribution in [0.5, 0.6) is 0 Å². The molecule has 6 rings (SSSR count). The van der Waals surface area contributed by atoms with Crippen molar-refractivity contribution in [1.29, 1.82) is 0 Å². The van der Waals surface area contributed by atoms with E-state index in [1.54, 1.807) is 47.6 Å². The van der Waals surface area contributed by atoms with Crippen molar-refractivity contribution in [3.63, 3.8) is 0 Å². The molecule has 10 nitrogen and oxygen atoms in total. The van der Waals surface area contributed by atoms with Gasteiger partial charge in [-0.15, -0.1) is 0 Å². The number of Topliss-reactive ketones (excluding diaryl/α,β-unsaturated/α-hetero) is 1. The van der Waals surface area contributed by atoms with Gasteiger partial charge in [0.2, 0.25) is 10.0 Å². The second-order valence-corrected chi connectivity index (χ2v) is 13.5. The van der Waals surface area contributed by atoms with Gasteiger partial charge < -0.3 is 4.90 Å². The molecule has 2 amide bonds. The highest BCUT2D eigenvalue weighted by Gasteiger charge is 2.37. The summed E-state index contributed by atoms with van der Waals surface area (Å²) in [5.74, 6) is -0.420. The summed E-state index contributed by atoms with van der Waals surface area (Å²) in [5, 5.41) is 0. The molecular formula is C30H33N5O5S2. The van der Waals surface area contributed by atoms with Gasteiger partial charge in [0, 0.05) is 49.3 Å². The van der Waals surface area contributed by atoms with E-state index in [9.17, 15) is 22.8 Å². The van der Waals surface area contributed by atoms with Crippen molar-refractivity contribution in [1.82, 2.24) is 18.0 Å². The third kappa shape index (κ3) is 5.32. The van der Waals surface area contributed by atoms with Crippen LogP contribution in [0.2, 0.25) is 0 Å². The normalized spacial score (nSPS) is 18.6. The van der Waals surface area contributed by atoms with Crippen molar-refractivity contribution in [3.8, 4) is 0 Å². The molecule has 12 heteroatoms. The molecule has 3 heterocycles. The Balaban J connectivity index is 0.938. The van der Waals surface area contributed by atoms with E-state index in [-0.39, 0.29) is 22.5 Å². The number of piperazine rings is 1. The fraction of sp³-hybridized carbons (Fsp3) is 0.433. The van der Waals surface area contributed by atoms with Gasteiger partial charge in [-0.1, -0.05) is 18.9 Å². The number of rotatable bonds is 10. The standard InChI is InChI=1S/C30H33N5O5S2/c1-20-23(30(38)35(29(20)37)22-11-12-24-21(19-22)10-13-26(24)36)7-4-2-3-5-14-33-15-17-34(18-16-33)42(39,40)27-9-6-8-25-28(27)32-41-31-25/h6,8-9,11-12,19H,2-5,7,10,13-18H2,1H3. The van der Waals surface area contributed by atoms with Crippen molar-refractivity contribution < 1.29 is 22.8 Å². The summed E-state index contributed by atoms with van der Waals surface area (Å²) in [5.41, 5.74) is 4.26. The topological polar surface area (TPSA) is 121 Å². The highest BCUT2D eigenvalue weighted by atomic mass is 32.2. The summed E-state index contributed by atoms with van der Waals surface area (Å²) in [6.45, 7) is 4.86. The van der Waals surface area contributed by atoms with Crippen LogP contribution in [0.4, 0.5) is 5.69 Å². The second-order valence-electron chi connectivity index (χ2n) is 11.1. The number of carbonyl (C=O) groups excluding carboxylic acids is 3. The molecule has 0 saturated carbocycles. The minimum Gasteiger partial charge on any atom is -0.301 e. The summed E-state index contributed by atoms with van der Waals surface area (Å²) in [4.78, 5) is 41.8. The Labute approximate surface area is 249 Å². The summed E-state index contributed by atoms with van der Waals surface area (Å²) < 4.78 is 36.4. The first-order chi connectivity index (χ1) is 20.3. The lowest BCUT2D eigenvalue weighted by atomic mass is 10.0. The quantitative estimate of drug-likeness (QED) is 0.251. The molecule has 0 unspecified atom stereocenters. The van der Waals surface area contributed by atoms with Gasteiger partial charge >= 0.3 is 0 Å². The molecule has 42 heavy (non-hydrogen) atoms. The van der Waals surface area contributed by atoms with Crippen molar-refractivity contribution in [2.45, 2.75) is 56.8 Å². The van der Waals surface area contributed by atoms with E-state index in [1.807, 2.05) is 0 Å². The number of sulfonamides is 1. The van der Waals surface area contributed by atoms with Crippen molar-refractivity contribution in [3.05, 3.63) is 58.7 Å². The monoisotopic (exact) mass is 607 g/mol. The van der Waals surface area contributed by atoms with E-state index in [4.69, 9.17) is 0 Å². The van der Waals surface area contributed by atoms with Gasteiger partial charge in [-0.2, -0.15) is 13.1 Å². The Kier molecular flexibility index (Phi) is 8.05. The molecule has 2 aromatic carbocycles. The summed E-state index contributed by atoms with van der Waals surface area (Å²) >= 11 is 1.02. The number of anilines is 1. The molecule has 1 aliphatic carbocycles. The Morgan fingerprint density at radius 2 is 1.67 bits per heavy atom. The molecule has 2 aliphatic heterocycles. The van der Waals surface area contributed by atoms with Crippen molar-refractivity contribution in [2.75, 3.05) is 37.6 Å². The third-order valence-electron chi connectivity index (χ3n) is 8.56. The van der Waals surface area contributed by atoms with E-state index < -0.39 is 10.0 Å². The molecule has 1 aromatic heterocycles. The number of nitrogens with zero attached hydrogens (tertiary/aromatic N) is 5. The fourth-order valence-electron chi connectivity index (χ4n) is 6.11. The third-order valence-corrected chi connectivity index (χ3v) is 11.0. The first kappa shape index (κ1) is 28.8. The smallest absolute Gasteiger partial charge is 0.261 e. The minimum absolute atomic E-state index is 0.111. The van der Waals surface area contributed by atoms with Crippen LogP contribution >= 0.6 is 11.7 Å². The summed E-state index contributed by atoms with van der Waals surface area (Å²) in [7, 11) is -3.62. The number of unbranched alkanes of at least 4 members (excludes halogenated alkanes) is 3. The maximum atomic E-state index is 13.3. The molecule has 220 valence electrons. The van der Waals surface area contributed by atoms with Crippen LogP contribution in [0.3, 0.4) is 0 Å². The molecule has 0 atom stereocenters. The van der Waals surface area contributed by atoms with Gasteiger partial charge in [0.25, 0.3) is 11.8 Å². The zero-order valence-corrected chi connectivity index (χ0v) is 25.2. The maximum Gasteiger partial charge on any atom is 0.261 e. The van der Waals surface area contributed by atoms with Gasteiger partial charge in [0.15, 0.2) is 5.78 Å². The molecule has 3 aromatic rings. The molecule has 0 spiro atoms. The first-order valence-electron chi connectivity index (χ1n) is 14.4. The van der Waals surface area contributed by atoms with Gasteiger partial charge in [0.1, 0.15) is 15.9 Å². The van der Waals surface area contributed by atoms with E-state index in [2.05, 4.69) is 13.6 Å². The molecule has 1 saturated heterocycles. The van der Waals surface area contributed by atoms with Crippen LogP contribution in [0.25, 0.3) is 11.0 Å². The Hall–Kier alpha value is -3.32. The Bertz CT molecular complexity index is 1710. The largest absolute Gasteiger partial charge is 0.301 e. The summed E-state index contributed by atoms with van der Waals surface area (Å²) in [6, 6.07) is 10.3. The number of amides is 2. The van der Waals surface area contributed by atoms with E-state index >= 15 is 0 Å². The van der Waals surface area contributed by atoms with E-state index in [0.717, 1.165) is 49.5 Å². The van der Waals surface area contributed by atoms with E-state index in [0.29, 0.717) is 78.9 Å². The highest BCUT2D eigenvalue weighted by Crippen LogP contribution is 2.33. The lowest BCUT2D eigenvalue weighted by molar-refractivity contribution is -0.120. The molecule has 0 radical (unpaired) electrons. The maximum absolute atomic E-state index is 13.3. The minimum atomic E-state index is -3.62. The van der Waals surface area contributed by atoms with Crippen LogP contribution in [-0.4, -0.2) is 76.7 Å². The number of ketones is 1.